The lowest BCUT2D eigenvalue weighted by atomic mass is 9.95. The summed E-state index contributed by atoms with van der Waals surface area (Å²) in [6.45, 7) is 4.82. The van der Waals surface area contributed by atoms with E-state index in [1.54, 1.807) is 30.3 Å². The number of benzene rings is 2. The van der Waals surface area contributed by atoms with Crippen LogP contribution in [0, 0.1) is 5.82 Å². The van der Waals surface area contributed by atoms with Crippen molar-refractivity contribution in [1.29, 1.82) is 0 Å². The van der Waals surface area contributed by atoms with Crippen LogP contribution in [0.25, 0.3) is 5.76 Å². The van der Waals surface area contributed by atoms with Crippen LogP contribution in [0.1, 0.15) is 30.0 Å². The third-order valence-electron chi connectivity index (χ3n) is 5.65. The first kappa shape index (κ1) is 21.8. The van der Waals surface area contributed by atoms with E-state index >= 15 is 0 Å². The number of amides is 1. The number of halogens is 1. The van der Waals surface area contributed by atoms with Gasteiger partial charge in [-0.2, -0.15) is 0 Å². The number of ketones is 1. The second-order valence-electron chi connectivity index (χ2n) is 7.76. The molecule has 2 aromatic carbocycles. The topological polar surface area (TPSA) is 76.1 Å². The molecule has 0 aromatic heterocycles. The van der Waals surface area contributed by atoms with Gasteiger partial charge >= 0.3 is 0 Å². The van der Waals surface area contributed by atoms with Crippen LogP contribution >= 0.6 is 0 Å². The van der Waals surface area contributed by atoms with E-state index in [1.807, 2.05) is 0 Å². The van der Waals surface area contributed by atoms with Gasteiger partial charge in [-0.15, -0.1) is 0 Å². The van der Waals surface area contributed by atoms with Crippen molar-refractivity contribution in [2.45, 2.75) is 25.0 Å². The molecule has 0 bridgehead atoms. The maximum absolute atomic E-state index is 13.4. The molecule has 0 saturated carbocycles. The molecule has 2 atom stereocenters. The SMILES string of the molecule is C=CCOc1ccc(C2C(=C(O)c3ccc(F)cc3)C(=O)C(=O)N2CC2CCCO2)cc1. The van der Waals surface area contributed by atoms with Gasteiger partial charge in [-0.1, -0.05) is 24.8 Å². The first-order valence-electron chi connectivity index (χ1n) is 10.5. The van der Waals surface area contributed by atoms with Gasteiger partial charge in [0, 0.05) is 18.7 Å². The number of carbonyl (C=O) groups excluding carboxylic acids is 2. The van der Waals surface area contributed by atoms with E-state index in [0.717, 1.165) is 12.8 Å². The normalized spacial score (nSPS) is 22.3. The predicted octanol–water partition coefficient (Wildman–Crippen LogP) is 3.99. The Morgan fingerprint density at radius 2 is 1.91 bits per heavy atom. The summed E-state index contributed by atoms with van der Waals surface area (Å²) in [6, 6.07) is 11.3. The maximum Gasteiger partial charge on any atom is 0.295 e. The number of hydrogen-bond donors (Lipinski definition) is 1. The predicted molar refractivity (Wildman–Crippen MR) is 117 cm³/mol. The third kappa shape index (κ3) is 4.29. The fourth-order valence-corrected chi connectivity index (χ4v) is 4.09. The summed E-state index contributed by atoms with van der Waals surface area (Å²) in [7, 11) is 0. The number of likely N-dealkylation sites (tertiary alicyclic amines) is 1. The zero-order valence-electron chi connectivity index (χ0n) is 17.5. The fraction of sp³-hybridized carbons (Fsp3) is 0.280. The number of rotatable bonds is 7. The summed E-state index contributed by atoms with van der Waals surface area (Å²) in [4.78, 5) is 27.4. The quantitative estimate of drug-likeness (QED) is 0.307. The molecule has 2 unspecified atom stereocenters. The standard InChI is InChI=1S/C25H24FNO5/c1-2-13-31-19-11-7-16(8-12-19)22-21(23(28)17-5-9-18(26)10-6-17)24(29)25(30)27(22)15-20-4-3-14-32-20/h2,5-12,20,22,28H,1,3-4,13-15H2. The van der Waals surface area contributed by atoms with Crippen molar-refractivity contribution in [3.8, 4) is 5.75 Å². The van der Waals surface area contributed by atoms with Crippen molar-refractivity contribution in [2.75, 3.05) is 19.8 Å². The Morgan fingerprint density at radius 1 is 1.19 bits per heavy atom. The minimum atomic E-state index is -0.794. The van der Waals surface area contributed by atoms with Crippen molar-refractivity contribution in [1.82, 2.24) is 4.90 Å². The minimum Gasteiger partial charge on any atom is -0.507 e. The van der Waals surface area contributed by atoms with Gasteiger partial charge in [0.25, 0.3) is 11.7 Å². The molecule has 0 aliphatic carbocycles. The van der Waals surface area contributed by atoms with Gasteiger partial charge in [0.05, 0.1) is 17.7 Å². The molecule has 0 spiro atoms. The molecular formula is C25H24FNO5. The minimum absolute atomic E-state index is 0.0284. The molecule has 7 heteroatoms. The molecule has 2 fully saturated rings. The third-order valence-corrected chi connectivity index (χ3v) is 5.65. The molecule has 166 valence electrons. The summed E-state index contributed by atoms with van der Waals surface area (Å²) >= 11 is 0. The van der Waals surface area contributed by atoms with Gasteiger partial charge in [-0.3, -0.25) is 9.59 Å². The number of aliphatic hydroxyl groups is 1. The van der Waals surface area contributed by atoms with Crippen LogP contribution in [0.15, 0.2) is 66.8 Å². The highest BCUT2D eigenvalue weighted by atomic mass is 19.1. The Kier molecular flexibility index (Phi) is 6.37. The molecule has 32 heavy (non-hydrogen) atoms. The fourth-order valence-electron chi connectivity index (χ4n) is 4.09. The molecule has 6 nitrogen and oxygen atoms in total. The molecule has 0 radical (unpaired) electrons. The Bertz CT molecular complexity index is 1040. The van der Waals surface area contributed by atoms with Crippen molar-refractivity contribution in [3.05, 3.63) is 83.7 Å². The van der Waals surface area contributed by atoms with Crippen molar-refractivity contribution in [3.63, 3.8) is 0 Å². The largest absolute Gasteiger partial charge is 0.507 e. The van der Waals surface area contributed by atoms with Crippen LogP contribution in [-0.4, -0.2) is 47.6 Å². The molecule has 2 saturated heterocycles. The molecule has 2 aliphatic rings. The van der Waals surface area contributed by atoms with E-state index in [0.29, 0.717) is 24.5 Å². The van der Waals surface area contributed by atoms with E-state index in [-0.39, 0.29) is 29.5 Å². The molecule has 1 amide bonds. The van der Waals surface area contributed by atoms with Crippen molar-refractivity contribution < 1.29 is 28.6 Å². The molecule has 2 aromatic rings. The zero-order chi connectivity index (χ0) is 22.7. The maximum atomic E-state index is 13.4. The van der Waals surface area contributed by atoms with Crippen molar-refractivity contribution in [2.24, 2.45) is 0 Å². The lowest BCUT2D eigenvalue weighted by Gasteiger charge is -2.27. The Labute approximate surface area is 185 Å². The van der Waals surface area contributed by atoms with Gasteiger partial charge in [0.15, 0.2) is 0 Å². The van der Waals surface area contributed by atoms with Gasteiger partial charge in [0.1, 0.15) is 23.9 Å². The highest BCUT2D eigenvalue weighted by Gasteiger charge is 2.47. The van der Waals surface area contributed by atoms with Gasteiger partial charge < -0.3 is 19.5 Å². The smallest absolute Gasteiger partial charge is 0.295 e. The van der Waals surface area contributed by atoms with E-state index < -0.39 is 23.5 Å². The van der Waals surface area contributed by atoms with Crippen LogP contribution in [0.5, 0.6) is 5.75 Å². The number of Topliss-reactive ketones (excluding diaryl/α,β-unsaturated/α-hetero) is 1. The lowest BCUT2D eigenvalue weighted by Crippen LogP contribution is -2.36. The van der Waals surface area contributed by atoms with Crippen LogP contribution < -0.4 is 4.74 Å². The van der Waals surface area contributed by atoms with E-state index in [1.165, 1.54) is 29.2 Å². The zero-order valence-corrected chi connectivity index (χ0v) is 17.5. The highest BCUT2D eigenvalue weighted by Crippen LogP contribution is 2.40. The summed E-state index contributed by atoms with van der Waals surface area (Å²) in [5.74, 6) is -1.66. The monoisotopic (exact) mass is 437 g/mol. The molecular weight excluding hydrogens is 413 g/mol. The highest BCUT2D eigenvalue weighted by molar-refractivity contribution is 6.46. The van der Waals surface area contributed by atoms with E-state index in [4.69, 9.17) is 9.47 Å². The Hall–Kier alpha value is -3.45. The summed E-state index contributed by atoms with van der Waals surface area (Å²) in [5.41, 5.74) is 0.883. The van der Waals surface area contributed by atoms with Crippen LogP contribution in [0.4, 0.5) is 4.39 Å². The first-order chi connectivity index (χ1) is 15.5. The second kappa shape index (κ2) is 9.36. The Morgan fingerprint density at radius 3 is 2.53 bits per heavy atom. The second-order valence-corrected chi connectivity index (χ2v) is 7.76. The number of ether oxygens (including phenoxy) is 2. The average molecular weight is 437 g/mol. The average Bonchev–Trinajstić information content (AvgIpc) is 3.40. The Balaban J connectivity index is 1.76. The van der Waals surface area contributed by atoms with Gasteiger partial charge in [-0.25, -0.2) is 4.39 Å². The summed E-state index contributed by atoms with van der Waals surface area (Å²) in [6.07, 6.45) is 3.15. The van der Waals surface area contributed by atoms with Gasteiger partial charge in [0.2, 0.25) is 0 Å². The number of nitrogens with zero attached hydrogens (tertiary/aromatic N) is 1. The molecule has 2 aliphatic heterocycles. The number of carbonyl (C=O) groups is 2. The van der Waals surface area contributed by atoms with Crippen LogP contribution in [-0.2, 0) is 14.3 Å². The molecule has 1 N–H and O–H groups in total. The first-order valence-corrected chi connectivity index (χ1v) is 10.5. The van der Waals surface area contributed by atoms with Gasteiger partial charge in [-0.05, 0) is 54.8 Å². The summed E-state index contributed by atoms with van der Waals surface area (Å²) < 4.78 is 24.6. The summed E-state index contributed by atoms with van der Waals surface area (Å²) in [5, 5.41) is 11.0. The lowest BCUT2D eigenvalue weighted by molar-refractivity contribution is -0.140. The number of aliphatic hydroxyl groups excluding tert-OH is 1. The number of hydrogen-bond acceptors (Lipinski definition) is 5. The van der Waals surface area contributed by atoms with Crippen LogP contribution in [0.3, 0.4) is 0 Å². The van der Waals surface area contributed by atoms with Crippen molar-refractivity contribution >= 4 is 17.4 Å². The molecule has 2 heterocycles. The van der Waals surface area contributed by atoms with E-state index in [9.17, 15) is 19.1 Å². The van der Waals surface area contributed by atoms with E-state index in [2.05, 4.69) is 6.58 Å². The van der Waals surface area contributed by atoms with Crippen LogP contribution in [0.2, 0.25) is 0 Å². The molecule has 4 rings (SSSR count).